The third-order valence-electron chi connectivity index (χ3n) is 4.49. The molecule has 0 spiro atoms. The van der Waals surface area contributed by atoms with Crippen molar-refractivity contribution in [2.24, 2.45) is 5.10 Å². The van der Waals surface area contributed by atoms with Gasteiger partial charge in [-0.25, -0.2) is 10.4 Å². The van der Waals surface area contributed by atoms with Crippen molar-refractivity contribution < 1.29 is 14.2 Å². The van der Waals surface area contributed by atoms with Gasteiger partial charge in [0.05, 0.1) is 25.1 Å². The van der Waals surface area contributed by atoms with Crippen LogP contribution in [0.5, 0.6) is 5.75 Å². The van der Waals surface area contributed by atoms with Crippen molar-refractivity contribution in [2.45, 2.75) is 6.29 Å². The van der Waals surface area contributed by atoms with Gasteiger partial charge in [0.2, 0.25) is 5.95 Å². The van der Waals surface area contributed by atoms with Gasteiger partial charge in [-0.3, -0.25) is 9.78 Å². The Hall–Kier alpha value is -3.52. The Morgan fingerprint density at radius 2 is 2.06 bits per heavy atom. The summed E-state index contributed by atoms with van der Waals surface area (Å²) in [5, 5.41) is 13.5. The van der Waals surface area contributed by atoms with E-state index in [4.69, 9.17) is 14.2 Å². The number of aromatic nitrogens is 2. The molecule has 2 N–H and O–H groups in total. The van der Waals surface area contributed by atoms with Crippen LogP contribution in [0.15, 0.2) is 62.9 Å². The van der Waals surface area contributed by atoms with Crippen LogP contribution in [0, 0.1) is 11.3 Å². The standard InChI is InChI=1S/C22H18BrN5O4/c23-16-6-7-18(32-13-19-30-8-9-31-19)15(10-16)12-25-28-22-26-20(14-4-2-1-3-5-14)17(11-24)21(29)27-22/h1-7,10,12,19H,8-9,13H2,(H2,26,27,28,29). The van der Waals surface area contributed by atoms with Gasteiger partial charge in [0.15, 0.2) is 6.29 Å². The van der Waals surface area contributed by atoms with Crippen molar-refractivity contribution in [1.29, 1.82) is 5.26 Å². The van der Waals surface area contributed by atoms with Crippen LogP contribution in [0.4, 0.5) is 5.95 Å². The number of hydrazone groups is 1. The Morgan fingerprint density at radius 3 is 2.81 bits per heavy atom. The highest BCUT2D eigenvalue weighted by molar-refractivity contribution is 9.10. The van der Waals surface area contributed by atoms with Crippen LogP contribution in [-0.4, -0.2) is 42.3 Å². The molecule has 10 heteroatoms. The first-order valence-corrected chi connectivity index (χ1v) is 10.5. The fraction of sp³-hybridized carbons (Fsp3) is 0.182. The van der Waals surface area contributed by atoms with E-state index in [1.807, 2.05) is 24.3 Å². The number of nitrogens with one attached hydrogen (secondary N) is 2. The Balaban J connectivity index is 1.54. The molecule has 9 nitrogen and oxygen atoms in total. The van der Waals surface area contributed by atoms with Gasteiger partial charge in [0.25, 0.3) is 5.56 Å². The largest absolute Gasteiger partial charge is 0.488 e. The molecule has 0 unspecified atom stereocenters. The average Bonchev–Trinajstić information content (AvgIpc) is 3.32. The zero-order valence-electron chi connectivity index (χ0n) is 16.7. The maximum absolute atomic E-state index is 12.3. The first kappa shape index (κ1) is 21.7. The van der Waals surface area contributed by atoms with Gasteiger partial charge in [-0.2, -0.15) is 10.4 Å². The number of rotatable bonds is 7. The number of anilines is 1. The molecule has 1 fully saturated rings. The lowest BCUT2D eigenvalue weighted by molar-refractivity contribution is -0.0684. The van der Waals surface area contributed by atoms with Crippen molar-refractivity contribution >= 4 is 28.1 Å². The van der Waals surface area contributed by atoms with E-state index in [1.54, 1.807) is 30.3 Å². The van der Waals surface area contributed by atoms with Gasteiger partial charge in [0, 0.05) is 15.6 Å². The van der Waals surface area contributed by atoms with Gasteiger partial charge >= 0.3 is 0 Å². The lowest BCUT2D eigenvalue weighted by atomic mass is 10.1. The Kier molecular flexibility index (Phi) is 6.91. The summed E-state index contributed by atoms with van der Waals surface area (Å²) in [6.45, 7) is 1.35. The number of hydrogen-bond donors (Lipinski definition) is 2. The number of nitriles is 1. The molecule has 0 aliphatic carbocycles. The van der Waals surface area contributed by atoms with Crippen LogP contribution >= 0.6 is 15.9 Å². The predicted molar refractivity (Wildman–Crippen MR) is 122 cm³/mol. The molecule has 1 aliphatic heterocycles. The van der Waals surface area contributed by atoms with Gasteiger partial charge in [-0.1, -0.05) is 46.3 Å². The summed E-state index contributed by atoms with van der Waals surface area (Å²) in [4.78, 5) is 19.2. The molecule has 3 aromatic rings. The Bertz CT molecular complexity index is 1220. The molecule has 0 bridgehead atoms. The van der Waals surface area contributed by atoms with Crippen molar-refractivity contribution in [3.05, 3.63) is 74.5 Å². The SMILES string of the molecule is N#Cc1c(-c2ccccc2)nc(NN=Cc2cc(Br)ccc2OCC2OCCO2)[nH]c1=O. The zero-order chi connectivity index (χ0) is 22.3. The average molecular weight is 496 g/mol. The number of hydrogen-bond acceptors (Lipinski definition) is 8. The van der Waals surface area contributed by atoms with Crippen LogP contribution in [0.1, 0.15) is 11.1 Å². The highest BCUT2D eigenvalue weighted by Gasteiger charge is 2.17. The summed E-state index contributed by atoms with van der Waals surface area (Å²) in [5.74, 6) is 0.693. The van der Waals surface area contributed by atoms with Gasteiger partial charge in [0.1, 0.15) is 24.0 Å². The van der Waals surface area contributed by atoms with E-state index in [9.17, 15) is 10.1 Å². The molecule has 1 aliphatic rings. The summed E-state index contributed by atoms with van der Waals surface area (Å²) in [7, 11) is 0. The highest BCUT2D eigenvalue weighted by atomic mass is 79.9. The Morgan fingerprint density at radius 1 is 1.28 bits per heavy atom. The smallest absolute Gasteiger partial charge is 0.270 e. The second kappa shape index (κ2) is 10.2. The molecule has 162 valence electrons. The number of benzene rings is 2. The quantitative estimate of drug-likeness (QED) is 0.380. The second-order valence-corrected chi connectivity index (χ2v) is 7.57. The van der Waals surface area contributed by atoms with Gasteiger partial charge in [-0.15, -0.1) is 0 Å². The molecule has 4 rings (SSSR count). The molecule has 2 aromatic carbocycles. The van der Waals surface area contributed by atoms with Crippen molar-refractivity contribution in [3.8, 4) is 23.1 Å². The third-order valence-corrected chi connectivity index (χ3v) is 4.98. The van der Waals surface area contributed by atoms with Crippen LogP contribution in [0.2, 0.25) is 0 Å². The second-order valence-electron chi connectivity index (χ2n) is 6.65. The maximum Gasteiger partial charge on any atom is 0.270 e. The molecular weight excluding hydrogens is 478 g/mol. The van der Waals surface area contributed by atoms with Gasteiger partial charge in [-0.05, 0) is 18.2 Å². The first-order chi connectivity index (χ1) is 15.6. The number of ether oxygens (including phenoxy) is 3. The Labute approximate surface area is 191 Å². The van der Waals surface area contributed by atoms with Crippen molar-refractivity contribution in [3.63, 3.8) is 0 Å². The van der Waals surface area contributed by atoms with E-state index in [-0.39, 0.29) is 23.8 Å². The minimum absolute atomic E-state index is 0.0650. The number of aromatic amines is 1. The summed E-state index contributed by atoms with van der Waals surface area (Å²) >= 11 is 3.43. The third kappa shape index (κ3) is 5.20. The molecule has 1 aromatic heterocycles. The summed E-state index contributed by atoms with van der Waals surface area (Å²) in [6, 6.07) is 16.4. The van der Waals surface area contributed by atoms with Crippen LogP contribution in [0.25, 0.3) is 11.3 Å². The molecule has 0 radical (unpaired) electrons. The number of nitrogens with zero attached hydrogens (tertiary/aromatic N) is 3. The maximum atomic E-state index is 12.3. The molecule has 1 saturated heterocycles. The zero-order valence-corrected chi connectivity index (χ0v) is 18.3. The van der Waals surface area contributed by atoms with E-state index in [2.05, 4.69) is 36.4 Å². The summed E-state index contributed by atoms with van der Waals surface area (Å²) in [5.41, 5.74) is 3.71. The highest BCUT2D eigenvalue weighted by Crippen LogP contribution is 2.23. The molecule has 0 atom stereocenters. The fourth-order valence-electron chi connectivity index (χ4n) is 3.01. The van der Waals surface area contributed by atoms with E-state index in [0.717, 1.165) is 4.47 Å². The lowest BCUT2D eigenvalue weighted by Crippen LogP contribution is -2.18. The number of H-pyrrole nitrogens is 1. The van der Waals surface area contributed by atoms with Crippen molar-refractivity contribution in [2.75, 3.05) is 25.2 Å². The minimum atomic E-state index is -0.554. The van der Waals surface area contributed by atoms with Gasteiger partial charge < -0.3 is 14.2 Å². The first-order valence-electron chi connectivity index (χ1n) is 9.68. The van der Waals surface area contributed by atoms with E-state index >= 15 is 0 Å². The monoisotopic (exact) mass is 495 g/mol. The fourth-order valence-corrected chi connectivity index (χ4v) is 3.39. The predicted octanol–water partition coefficient (Wildman–Crippen LogP) is 3.27. The molecule has 0 amide bonds. The molecular formula is C22H18BrN5O4. The summed E-state index contributed by atoms with van der Waals surface area (Å²) < 4.78 is 17.4. The normalized spacial score (nSPS) is 13.9. The topological polar surface area (TPSA) is 122 Å². The summed E-state index contributed by atoms with van der Waals surface area (Å²) in [6.07, 6.45) is 1.14. The van der Waals surface area contributed by atoms with E-state index < -0.39 is 11.8 Å². The number of halogens is 1. The van der Waals surface area contributed by atoms with Crippen LogP contribution < -0.4 is 15.7 Å². The lowest BCUT2D eigenvalue weighted by Gasteiger charge is -2.13. The molecule has 2 heterocycles. The van der Waals surface area contributed by atoms with E-state index in [1.165, 1.54) is 6.21 Å². The molecule has 0 saturated carbocycles. The van der Waals surface area contributed by atoms with Crippen LogP contribution in [-0.2, 0) is 9.47 Å². The van der Waals surface area contributed by atoms with Crippen molar-refractivity contribution in [1.82, 2.24) is 9.97 Å². The minimum Gasteiger partial charge on any atom is -0.488 e. The van der Waals surface area contributed by atoms with E-state index in [0.29, 0.717) is 30.1 Å². The molecule has 32 heavy (non-hydrogen) atoms. The van der Waals surface area contributed by atoms with Crippen LogP contribution in [0.3, 0.4) is 0 Å².